The Hall–Kier alpha value is -1.36. The molecule has 0 aliphatic rings. The van der Waals surface area contributed by atoms with Gasteiger partial charge in [0.2, 0.25) is 5.91 Å². The quantitative estimate of drug-likeness (QED) is 0.781. The minimum Gasteiger partial charge on any atom is -0.369 e. The highest BCUT2D eigenvalue weighted by Crippen LogP contribution is 2.19. The Labute approximate surface area is 119 Å². The van der Waals surface area contributed by atoms with Crippen molar-refractivity contribution in [2.24, 2.45) is 0 Å². The molecule has 0 radical (unpaired) electrons. The number of aromatic nitrogens is 2. The van der Waals surface area contributed by atoms with Crippen LogP contribution in [-0.2, 0) is 11.2 Å². The first kappa shape index (κ1) is 15.7. The van der Waals surface area contributed by atoms with Crippen LogP contribution in [0, 0.1) is 0 Å². The Morgan fingerprint density at radius 1 is 1.32 bits per heavy atom. The summed E-state index contributed by atoms with van der Waals surface area (Å²) in [5.74, 6) is 0.866. The number of hydrogen-bond acceptors (Lipinski definition) is 4. The maximum Gasteiger partial charge on any atom is 0.224 e. The molecule has 1 rings (SSSR count). The maximum absolute atomic E-state index is 11.8. The molecule has 0 spiro atoms. The van der Waals surface area contributed by atoms with Gasteiger partial charge in [0.25, 0.3) is 0 Å². The van der Waals surface area contributed by atoms with Gasteiger partial charge < -0.3 is 10.2 Å². The molecule has 1 amide bonds. The molecular weight excluding hydrogens is 264 g/mol. The van der Waals surface area contributed by atoms with Gasteiger partial charge in [-0.1, -0.05) is 18.5 Å². The first-order chi connectivity index (χ1) is 9.13. The van der Waals surface area contributed by atoms with Crippen LogP contribution < -0.4 is 5.32 Å². The fraction of sp³-hybridized carbons (Fsp3) is 0.615. The van der Waals surface area contributed by atoms with Crippen molar-refractivity contribution in [3.05, 3.63) is 17.0 Å². The van der Waals surface area contributed by atoms with E-state index in [1.54, 1.807) is 0 Å². The summed E-state index contributed by atoms with van der Waals surface area (Å²) in [4.78, 5) is 21.8. The number of rotatable bonds is 7. The summed E-state index contributed by atoms with van der Waals surface area (Å²) in [7, 11) is 0. The number of carbonyl (C=O) groups excluding carboxylic acids is 1. The molecule has 0 aliphatic carbocycles. The molecule has 1 N–H and O–H groups in total. The molecule has 106 valence electrons. The van der Waals surface area contributed by atoms with Crippen LogP contribution in [0.5, 0.6) is 0 Å². The molecule has 6 heteroatoms. The Balaban J connectivity index is 2.54. The van der Waals surface area contributed by atoms with E-state index in [1.807, 2.05) is 25.7 Å². The molecule has 0 bridgehead atoms. The molecule has 1 heterocycles. The molecule has 0 saturated carbocycles. The molecular formula is C13H21ClN4O. The van der Waals surface area contributed by atoms with Crippen molar-refractivity contribution in [2.75, 3.05) is 25.0 Å². The number of hydrogen-bond donors (Lipinski definition) is 1. The van der Waals surface area contributed by atoms with Crippen molar-refractivity contribution < 1.29 is 4.79 Å². The zero-order valence-corrected chi connectivity index (χ0v) is 12.5. The second-order valence-electron chi connectivity index (χ2n) is 4.09. The number of nitrogens with one attached hydrogen (secondary N) is 1. The molecule has 0 aromatic carbocycles. The van der Waals surface area contributed by atoms with Gasteiger partial charge in [-0.3, -0.25) is 4.79 Å². The van der Waals surface area contributed by atoms with Gasteiger partial charge in [0.05, 0.1) is 0 Å². The van der Waals surface area contributed by atoms with Gasteiger partial charge in [0.15, 0.2) is 0 Å². The average molecular weight is 285 g/mol. The van der Waals surface area contributed by atoms with Crippen molar-refractivity contribution in [1.82, 2.24) is 14.9 Å². The van der Waals surface area contributed by atoms with Crippen LogP contribution in [0.3, 0.4) is 0 Å². The number of nitrogens with zero attached hydrogens (tertiary/aromatic N) is 3. The van der Waals surface area contributed by atoms with Crippen molar-refractivity contribution in [3.8, 4) is 0 Å². The van der Waals surface area contributed by atoms with Crippen LogP contribution in [-0.4, -0.2) is 40.4 Å². The van der Waals surface area contributed by atoms with Crippen LogP contribution in [0.15, 0.2) is 6.33 Å². The van der Waals surface area contributed by atoms with E-state index in [0.717, 1.165) is 30.9 Å². The van der Waals surface area contributed by atoms with E-state index in [0.29, 0.717) is 18.1 Å². The maximum atomic E-state index is 11.8. The van der Waals surface area contributed by atoms with Gasteiger partial charge in [0.1, 0.15) is 17.3 Å². The summed E-state index contributed by atoms with van der Waals surface area (Å²) in [5, 5.41) is 3.62. The van der Waals surface area contributed by atoms with Crippen LogP contribution in [0.25, 0.3) is 0 Å². The second-order valence-corrected chi connectivity index (χ2v) is 4.45. The topological polar surface area (TPSA) is 58.1 Å². The lowest BCUT2D eigenvalue weighted by Gasteiger charge is -2.18. The van der Waals surface area contributed by atoms with Gasteiger partial charge >= 0.3 is 0 Å². The predicted molar refractivity (Wildman–Crippen MR) is 77.5 cm³/mol. The molecule has 19 heavy (non-hydrogen) atoms. The van der Waals surface area contributed by atoms with Gasteiger partial charge in [-0.15, -0.1) is 0 Å². The van der Waals surface area contributed by atoms with Crippen molar-refractivity contribution >= 4 is 23.3 Å². The third kappa shape index (κ3) is 4.35. The minimum atomic E-state index is 0.149. The number of anilines is 1. The summed E-state index contributed by atoms with van der Waals surface area (Å²) in [5.41, 5.74) is 0.888. The van der Waals surface area contributed by atoms with E-state index in [-0.39, 0.29) is 5.91 Å². The lowest BCUT2D eigenvalue weighted by Crippen LogP contribution is -2.31. The first-order valence-corrected chi connectivity index (χ1v) is 7.02. The van der Waals surface area contributed by atoms with E-state index in [4.69, 9.17) is 11.6 Å². The molecule has 0 unspecified atom stereocenters. The van der Waals surface area contributed by atoms with Crippen LogP contribution in [0.1, 0.15) is 32.8 Å². The molecule has 0 atom stereocenters. The number of halogens is 1. The van der Waals surface area contributed by atoms with Crippen molar-refractivity contribution in [2.45, 2.75) is 33.6 Å². The monoisotopic (exact) mass is 284 g/mol. The lowest BCUT2D eigenvalue weighted by molar-refractivity contribution is -0.130. The van der Waals surface area contributed by atoms with Gasteiger partial charge in [-0.2, -0.15) is 0 Å². The molecule has 0 aliphatic heterocycles. The fourth-order valence-electron chi connectivity index (χ4n) is 1.88. The normalized spacial score (nSPS) is 10.3. The predicted octanol–water partition coefficient (Wildman–Crippen LogP) is 2.36. The van der Waals surface area contributed by atoms with Crippen LogP contribution in [0.2, 0.25) is 5.15 Å². The number of amides is 1. The van der Waals surface area contributed by atoms with Crippen molar-refractivity contribution in [1.29, 1.82) is 0 Å². The zero-order chi connectivity index (χ0) is 14.3. The van der Waals surface area contributed by atoms with Crippen molar-refractivity contribution in [3.63, 3.8) is 0 Å². The third-order valence-electron chi connectivity index (χ3n) is 2.99. The standard InChI is InChI=1S/C13H21ClN4O/c1-4-10-12(14)16-9-17-13(10)15-8-7-11(19)18(5-2)6-3/h9H,4-8H2,1-3H3,(H,15,16,17). The lowest BCUT2D eigenvalue weighted by atomic mass is 10.2. The summed E-state index contributed by atoms with van der Waals surface area (Å²) in [6, 6.07) is 0. The highest BCUT2D eigenvalue weighted by molar-refractivity contribution is 6.30. The highest BCUT2D eigenvalue weighted by Gasteiger charge is 2.11. The number of carbonyl (C=O) groups is 1. The minimum absolute atomic E-state index is 0.149. The van der Waals surface area contributed by atoms with E-state index >= 15 is 0 Å². The first-order valence-electron chi connectivity index (χ1n) is 6.64. The molecule has 1 aromatic rings. The van der Waals surface area contributed by atoms with Gasteiger partial charge in [-0.25, -0.2) is 9.97 Å². The summed E-state index contributed by atoms with van der Waals surface area (Å²) in [6.07, 6.45) is 2.63. The Bertz CT molecular complexity index is 421. The smallest absolute Gasteiger partial charge is 0.224 e. The fourth-order valence-corrected chi connectivity index (χ4v) is 2.15. The Morgan fingerprint density at radius 3 is 2.58 bits per heavy atom. The zero-order valence-electron chi connectivity index (χ0n) is 11.7. The third-order valence-corrected chi connectivity index (χ3v) is 3.32. The van der Waals surface area contributed by atoms with E-state index < -0.39 is 0 Å². The Kier molecular flexibility index (Phi) is 6.56. The second kappa shape index (κ2) is 7.94. The summed E-state index contributed by atoms with van der Waals surface area (Å²) in [6.45, 7) is 8.00. The Morgan fingerprint density at radius 2 is 2.00 bits per heavy atom. The van der Waals surface area contributed by atoms with Gasteiger partial charge in [-0.05, 0) is 20.3 Å². The van der Waals surface area contributed by atoms with E-state index in [1.165, 1.54) is 6.33 Å². The largest absolute Gasteiger partial charge is 0.369 e. The molecule has 0 saturated heterocycles. The molecule has 1 aromatic heterocycles. The summed E-state index contributed by atoms with van der Waals surface area (Å²) >= 11 is 6.00. The summed E-state index contributed by atoms with van der Waals surface area (Å²) < 4.78 is 0. The highest BCUT2D eigenvalue weighted by atomic mass is 35.5. The van der Waals surface area contributed by atoms with E-state index in [2.05, 4.69) is 15.3 Å². The van der Waals surface area contributed by atoms with Gasteiger partial charge in [0, 0.05) is 31.6 Å². The van der Waals surface area contributed by atoms with E-state index in [9.17, 15) is 4.79 Å². The SMILES string of the molecule is CCc1c(Cl)ncnc1NCCC(=O)N(CC)CC. The molecule has 0 fully saturated rings. The molecule has 5 nitrogen and oxygen atoms in total. The van der Waals surface area contributed by atoms with Crippen LogP contribution >= 0.6 is 11.6 Å². The van der Waals surface area contributed by atoms with Crippen LogP contribution in [0.4, 0.5) is 5.82 Å². The average Bonchev–Trinajstić information content (AvgIpc) is 2.40.